The van der Waals surface area contributed by atoms with Gasteiger partial charge in [-0.1, -0.05) is 0 Å². The molecule has 0 aliphatic heterocycles. The zero-order chi connectivity index (χ0) is 4.28. The minimum Gasteiger partial charge on any atom is -0.316 e. The van der Waals surface area contributed by atoms with Gasteiger partial charge in [0.25, 0.3) is 0 Å². The summed E-state index contributed by atoms with van der Waals surface area (Å²) in [4.78, 5) is 0. The largest absolute Gasteiger partial charge is 0.316 e. The monoisotopic (exact) mass is 110 g/mol. The van der Waals surface area contributed by atoms with Crippen LogP contribution >= 0.6 is 18.4 Å². The summed E-state index contributed by atoms with van der Waals surface area (Å²) in [6, 6.07) is 0. The fourth-order valence-electron chi connectivity index (χ4n) is 0. The molecule has 0 saturated carbocycles. The zero-order valence-electron chi connectivity index (χ0n) is 3.32. The molecule has 0 N–H and O–H groups in total. The minimum atomic E-state index is -1.21. The summed E-state index contributed by atoms with van der Waals surface area (Å²) in [6.45, 7) is 1.73. The molecule has 0 fully saturated rings. The van der Waals surface area contributed by atoms with Gasteiger partial charge in [0.2, 0.25) is 0 Å². The molecule has 0 spiro atoms. The lowest BCUT2D eigenvalue weighted by Gasteiger charge is -1.74. The van der Waals surface area contributed by atoms with E-state index in [9.17, 15) is 4.57 Å². The van der Waals surface area contributed by atoms with E-state index in [1.807, 2.05) is 6.26 Å². The van der Waals surface area contributed by atoms with Crippen molar-refractivity contribution in [3.63, 3.8) is 0 Å². The number of hydrogen-bond acceptors (Lipinski definition) is 2. The van der Waals surface area contributed by atoms with Crippen molar-refractivity contribution >= 4 is 18.4 Å². The van der Waals surface area contributed by atoms with Gasteiger partial charge in [-0.25, -0.2) is 0 Å². The fraction of sp³-hybridized carbons (Fsp3) is 1.00. The Morgan fingerprint density at radius 2 is 2.00 bits per heavy atom. The summed E-state index contributed by atoms with van der Waals surface area (Å²) < 4.78 is 9.96. The van der Waals surface area contributed by atoms with E-state index in [1.54, 1.807) is 6.66 Å². The Labute approximate surface area is 36.7 Å². The first kappa shape index (κ1) is 5.58. The lowest BCUT2D eigenvalue weighted by Crippen LogP contribution is -1.34. The van der Waals surface area contributed by atoms with Gasteiger partial charge in [0.05, 0.1) is 0 Å². The van der Waals surface area contributed by atoms with E-state index in [1.165, 1.54) is 11.4 Å². The van der Waals surface area contributed by atoms with E-state index < -0.39 is 7.00 Å². The van der Waals surface area contributed by atoms with E-state index in [4.69, 9.17) is 0 Å². The van der Waals surface area contributed by atoms with Crippen molar-refractivity contribution in [3.05, 3.63) is 0 Å². The molecule has 0 aliphatic rings. The summed E-state index contributed by atoms with van der Waals surface area (Å²) in [6.07, 6.45) is 1.85. The molecule has 0 rings (SSSR count). The first-order valence-corrected chi connectivity index (χ1v) is 5.17. The van der Waals surface area contributed by atoms with Crippen LogP contribution in [0.5, 0.6) is 0 Å². The van der Waals surface area contributed by atoms with Crippen molar-refractivity contribution in [2.75, 3.05) is 12.9 Å². The Hall–Kier alpha value is 0.580. The lowest BCUT2D eigenvalue weighted by atomic mass is 12.0. The van der Waals surface area contributed by atoms with Crippen LogP contribution in [-0.2, 0) is 4.57 Å². The molecule has 32 valence electrons. The smallest absolute Gasteiger partial charge is 0.124 e. The zero-order valence-corrected chi connectivity index (χ0v) is 5.13. The standard InChI is InChI=1S/C2H7OPS/c1-4(3)5-2/h4H,1-2H3. The Morgan fingerprint density at radius 1 is 1.80 bits per heavy atom. The molecule has 0 radical (unpaired) electrons. The molecule has 0 heterocycles. The van der Waals surface area contributed by atoms with Crippen LogP contribution in [0.1, 0.15) is 0 Å². The first-order chi connectivity index (χ1) is 2.27. The Balaban J connectivity index is 2.85. The summed E-state index contributed by atoms with van der Waals surface area (Å²) in [7, 11) is -1.21. The van der Waals surface area contributed by atoms with Crippen molar-refractivity contribution in [2.45, 2.75) is 0 Å². The summed E-state index contributed by atoms with van der Waals surface area (Å²) in [5.74, 6) is 0. The predicted molar refractivity (Wildman–Crippen MR) is 28.4 cm³/mol. The minimum absolute atomic E-state index is 1.21. The second-order valence-corrected chi connectivity index (χ2v) is 5.04. The molecule has 3 heteroatoms. The SMILES string of the molecule is CS[PH](C)=O. The average molecular weight is 110 g/mol. The molecule has 0 aromatic carbocycles. The Kier molecular flexibility index (Phi) is 3.12. The maximum Gasteiger partial charge on any atom is 0.124 e. The van der Waals surface area contributed by atoms with E-state index in [2.05, 4.69) is 0 Å². The predicted octanol–water partition coefficient (Wildman–Crippen LogP) is 1.45. The molecule has 0 saturated heterocycles. The molecule has 0 aromatic rings. The van der Waals surface area contributed by atoms with Crippen LogP contribution in [0.15, 0.2) is 0 Å². The summed E-state index contributed by atoms with van der Waals surface area (Å²) >= 11 is 1.43. The molecule has 1 nitrogen and oxygen atoms in total. The van der Waals surface area contributed by atoms with Crippen molar-refractivity contribution < 1.29 is 4.57 Å². The maximum atomic E-state index is 9.96. The maximum absolute atomic E-state index is 9.96. The van der Waals surface area contributed by atoms with Crippen LogP contribution in [0.2, 0.25) is 0 Å². The molecule has 0 aromatic heterocycles. The highest BCUT2D eigenvalue weighted by atomic mass is 32.7. The van der Waals surface area contributed by atoms with E-state index in [-0.39, 0.29) is 0 Å². The third kappa shape index (κ3) is 4.58. The molecule has 0 aliphatic carbocycles. The average Bonchev–Trinajstić information content (AvgIpc) is 1.38. The third-order valence-corrected chi connectivity index (χ3v) is 2.59. The highest BCUT2D eigenvalue weighted by molar-refractivity contribution is 8.51. The number of hydrogen-bond donors (Lipinski definition) is 0. The summed E-state index contributed by atoms with van der Waals surface area (Å²) in [5, 5.41) is 0. The Bertz CT molecular complexity index is 44.9. The molecule has 5 heavy (non-hydrogen) atoms. The van der Waals surface area contributed by atoms with Gasteiger partial charge in [-0.15, -0.1) is 11.4 Å². The molecule has 0 amide bonds. The normalized spacial score (nSPS) is 14.8. The van der Waals surface area contributed by atoms with Crippen LogP contribution in [0, 0.1) is 0 Å². The van der Waals surface area contributed by atoms with Crippen molar-refractivity contribution in [3.8, 4) is 0 Å². The van der Waals surface area contributed by atoms with Gasteiger partial charge in [0.1, 0.15) is 7.00 Å². The fourth-order valence-corrected chi connectivity index (χ4v) is 0. The molecular formula is C2H7OPS. The third-order valence-electron chi connectivity index (χ3n) is 0.287. The second kappa shape index (κ2) is 2.80. The van der Waals surface area contributed by atoms with Crippen molar-refractivity contribution in [1.82, 2.24) is 0 Å². The highest BCUT2D eigenvalue weighted by Crippen LogP contribution is 2.28. The number of rotatable bonds is 1. The van der Waals surface area contributed by atoms with Crippen LogP contribution < -0.4 is 0 Å². The topological polar surface area (TPSA) is 17.1 Å². The van der Waals surface area contributed by atoms with Crippen molar-refractivity contribution in [2.24, 2.45) is 0 Å². The van der Waals surface area contributed by atoms with Crippen LogP contribution in [0.3, 0.4) is 0 Å². The van der Waals surface area contributed by atoms with E-state index in [0.29, 0.717) is 0 Å². The van der Waals surface area contributed by atoms with Gasteiger partial charge in [0, 0.05) is 0 Å². The molecular weight excluding hydrogens is 103 g/mol. The summed E-state index contributed by atoms with van der Waals surface area (Å²) in [5.41, 5.74) is 0. The molecule has 1 unspecified atom stereocenters. The van der Waals surface area contributed by atoms with E-state index >= 15 is 0 Å². The first-order valence-electron chi connectivity index (χ1n) is 1.32. The highest BCUT2D eigenvalue weighted by Gasteiger charge is 1.74. The second-order valence-electron chi connectivity index (χ2n) is 0.696. The van der Waals surface area contributed by atoms with Crippen LogP contribution in [0.25, 0.3) is 0 Å². The van der Waals surface area contributed by atoms with E-state index in [0.717, 1.165) is 0 Å². The van der Waals surface area contributed by atoms with Crippen molar-refractivity contribution in [1.29, 1.82) is 0 Å². The quantitative estimate of drug-likeness (QED) is 0.475. The van der Waals surface area contributed by atoms with Gasteiger partial charge in [-0.2, -0.15) is 0 Å². The van der Waals surface area contributed by atoms with Gasteiger partial charge < -0.3 is 4.57 Å². The molecule has 1 atom stereocenters. The van der Waals surface area contributed by atoms with Gasteiger partial charge >= 0.3 is 0 Å². The van der Waals surface area contributed by atoms with Gasteiger partial charge in [-0.3, -0.25) is 0 Å². The molecule has 0 bridgehead atoms. The van der Waals surface area contributed by atoms with Gasteiger partial charge in [-0.05, 0) is 12.9 Å². The van der Waals surface area contributed by atoms with Gasteiger partial charge in [0.15, 0.2) is 0 Å². The van der Waals surface area contributed by atoms with Crippen LogP contribution in [0.4, 0.5) is 0 Å². The lowest BCUT2D eigenvalue weighted by molar-refractivity contribution is 0.599. The Morgan fingerprint density at radius 3 is 2.00 bits per heavy atom. The van der Waals surface area contributed by atoms with Crippen LogP contribution in [-0.4, -0.2) is 12.9 Å².